The van der Waals surface area contributed by atoms with Crippen LogP contribution in [-0.2, 0) is 15.0 Å². The van der Waals surface area contributed by atoms with Crippen LogP contribution in [0.25, 0.3) is 0 Å². The van der Waals surface area contributed by atoms with Gasteiger partial charge >= 0.3 is 0 Å². The van der Waals surface area contributed by atoms with E-state index in [1.54, 1.807) is 12.1 Å². The van der Waals surface area contributed by atoms with Gasteiger partial charge in [0, 0.05) is 11.4 Å². The zero-order valence-electron chi connectivity index (χ0n) is 14.0. The number of anilines is 2. The van der Waals surface area contributed by atoms with Crippen LogP contribution in [-0.4, -0.2) is 18.4 Å². The van der Waals surface area contributed by atoms with Gasteiger partial charge in [-0.05, 0) is 62.2 Å². The summed E-state index contributed by atoms with van der Waals surface area (Å²) in [7, 11) is 0. The van der Waals surface area contributed by atoms with Gasteiger partial charge in [-0.1, -0.05) is 12.1 Å². The van der Waals surface area contributed by atoms with Crippen molar-refractivity contribution in [3.05, 3.63) is 53.6 Å². The predicted molar refractivity (Wildman–Crippen MR) is 93.4 cm³/mol. The van der Waals surface area contributed by atoms with Crippen LogP contribution in [0.15, 0.2) is 42.5 Å². The van der Waals surface area contributed by atoms with Gasteiger partial charge in [0.05, 0.1) is 5.41 Å². The molecule has 0 fully saturated rings. The zero-order valence-corrected chi connectivity index (χ0v) is 14.0. The van der Waals surface area contributed by atoms with Gasteiger partial charge in [-0.25, -0.2) is 0 Å². The first-order valence-corrected chi connectivity index (χ1v) is 7.81. The lowest BCUT2D eigenvalue weighted by Gasteiger charge is -2.16. The van der Waals surface area contributed by atoms with Crippen molar-refractivity contribution in [3.8, 4) is 5.75 Å². The van der Waals surface area contributed by atoms with Crippen LogP contribution in [0.1, 0.15) is 25.0 Å². The Morgan fingerprint density at radius 1 is 1.21 bits per heavy atom. The van der Waals surface area contributed by atoms with E-state index in [9.17, 15) is 9.59 Å². The Kier molecular flexibility index (Phi) is 4.01. The maximum absolute atomic E-state index is 12.1. The summed E-state index contributed by atoms with van der Waals surface area (Å²) in [5.41, 5.74) is 2.79. The summed E-state index contributed by atoms with van der Waals surface area (Å²) < 4.78 is 5.49. The minimum atomic E-state index is -0.603. The van der Waals surface area contributed by atoms with Crippen molar-refractivity contribution in [2.45, 2.75) is 26.2 Å². The number of carbonyl (C=O) groups is 2. The first-order valence-electron chi connectivity index (χ1n) is 7.81. The molecule has 0 saturated heterocycles. The number of hydrogen-bond donors (Lipinski definition) is 2. The summed E-state index contributed by atoms with van der Waals surface area (Å²) in [4.78, 5) is 24.0. The normalized spacial score (nSPS) is 14.7. The molecule has 0 unspecified atom stereocenters. The Labute approximate surface area is 141 Å². The van der Waals surface area contributed by atoms with E-state index in [0.717, 1.165) is 16.8 Å². The molecule has 0 radical (unpaired) electrons. The lowest BCUT2D eigenvalue weighted by molar-refractivity contribution is -0.120. The highest BCUT2D eigenvalue weighted by molar-refractivity contribution is 6.06. The maximum Gasteiger partial charge on any atom is 0.262 e. The van der Waals surface area contributed by atoms with Crippen molar-refractivity contribution in [2.75, 3.05) is 17.2 Å². The monoisotopic (exact) mass is 324 g/mol. The minimum absolute atomic E-state index is 0.0382. The zero-order chi connectivity index (χ0) is 17.3. The van der Waals surface area contributed by atoms with Crippen molar-refractivity contribution in [2.24, 2.45) is 0 Å². The van der Waals surface area contributed by atoms with Crippen LogP contribution in [0, 0.1) is 6.92 Å². The average Bonchev–Trinajstić information content (AvgIpc) is 2.76. The lowest BCUT2D eigenvalue weighted by atomic mass is 9.86. The second kappa shape index (κ2) is 6.00. The van der Waals surface area contributed by atoms with Gasteiger partial charge in [0.2, 0.25) is 5.91 Å². The number of carbonyl (C=O) groups excluding carboxylic acids is 2. The van der Waals surface area contributed by atoms with Crippen LogP contribution < -0.4 is 15.4 Å². The molecule has 0 aliphatic carbocycles. The van der Waals surface area contributed by atoms with Gasteiger partial charge < -0.3 is 15.4 Å². The number of nitrogens with one attached hydrogen (secondary N) is 2. The van der Waals surface area contributed by atoms with E-state index < -0.39 is 5.41 Å². The Hall–Kier alpha value is -2.82. The van der Waals surface area contributed by atoms with Crippen LogP contribution in [0.3, 0.4) is 0 Å². The number of ether oxygens (including phenoxy) is 1. The maximum atomic E-state index is 12.1. The molecule has 2 N–H and O–H groups in total. The number of amides is 2. The molecule has 5 nitrogen and oxygen atoms in total. The number of benzene rings is 2. The highest BCUT2D eigenvalue weighted by Gasteiger charge is 2.38. The largest absolute Gasteiger partial charge is 0.484 e. The average molecular weight is 324 g/mol. The van der Waals surface area contributed by atoms with E-state index >= 15 is 0 Å². The van der Waals surface area contributed by atoms with Crippen LogP contribution in [0.2, 0.25) is 0 Å². The Morgan fingerprint density at radius 3 is 2.75 bits per heavy atom. The molecule has 0 bridgehead atoms. The lowest BCUT2D eigenvalue weighted by Crippen LogP contribution is -2.27. The van der Waals surface area contributed by atoms with Gasteiger partial charge in [0.1, 0.15) is 5.75 Å². The molecule has 0 atom stereocenters. The van der Waals surface area contributed by atoms with Gasteiger partial charge in [0.25, 0.3) is 5.91 Å². The van der Waals surface area contributed by atoms with E-state index in [4.69, 9.17) is 4.74 Å². The van der Waals surface area contributed by atoms with Crippen LogP contribution in [0.5, 0.6) is 5.75 Å². The summed E-state index contributed by atoms with van der Waals surface area (Å²) in [6.45, 7) is 5.62. The number of aryl methyl sites for hydroxylation is 1. The molecule has 2 aromatic rings. The molecular weight excluding hydrogens is 304 g/mol. The fourth-order valence-corrected chi connectivity index (χ4v) is 2.70. The highest BCUT2D eigenvalue weighted by Crippen LogP contribution is 2.38. The highest BCUT2D eigenvalue weighted by atomic mass is 16.5. The minimum Gasteiger partial charge on any atom is -0.484 e. The van der Waals surface area contributed by atoms with E-state index in [-0.39, 0.29) is 18.4 Å². The topological polar surface area (TPSA) is 67.4 Å². The molecule has 1 heterocycles. The van der Waals surface area contributed by atoms with Crippen LogP contribution >= 0.6 is 0 Å². The van der Waals surface area contributed by atoms with Crippen molar-refractivity contribution in [3.63, 3.8) is 0 Å². The fraction of sp³-hybridized carbons (Fsp3) is 0.263. The van der Waals surface area contributed by atoms with Gasteiger partial charge in [0.15, 0.2) is 6.61 Å². The van der Waals surface area contributed by atoms with E-state index in [1.807, 2.05) is 51.1 Å². The Balaban J connectivity index is 1.66. The summed E-state index contributed by atoms with van der Waals surface area (Å²) in [5.74, 6) is 0.380. The molecule has 0 aromatic heterocycles. The molecule has 1 aliphatic heterocycles. The molecule has 124 valence electrons. The van der Waals surface area contributed by atoms with E-state index in [1.165, 1.54) is 0 Å². The van der Waals surface area contributed by atoms with E-state index in [0.29, 0.717) is 11.4 Å². The molecule has 3 rings (SSSR count). The Bertz CT molecular complexity index is 812. The predicted octanol–water partition coefficient (Wildman–Crippen LogP) is 3.24. The summed E-state index contributed by atoms with van der Waals surface area (Å²) in [5, 5.41) is 5.65. The van der Waals surface area contributed by atoms with Gasteiger partial charge in [-0.2, -0.15) is 0 Å². The first kappa shape index (κ1) is 16.1. The van der Waals surface area contributed by atoms with Crippen LogP contribution in [0.4, 0.5) is 11.4 Å². The summed E-state index contributed by atoms with van der Waals surface area (Å²) in [6.07, 6.45) is 0. The molecular formula is C19H20N2O3. The third-order valence-electron chi connectivity index (χ3n) is 4.15. The molecule has 2 amide bonds. The molecule has 0 saturated carbocycles. The van der Waals surface area contributed by atoms with Gasteiger partial charge in [-0.3, -0.25) is 9.59 Å². The SMILES string of the molecule is Cc1cccc(OCC(=O)Nc2ccc3c(c2)C(C)(C)C(=O)N3)c1. The third kappa shape index (κ3) is 3.11. The fourth-order valence-electron chi connectivity index (χ4n) is 2.70. The molecule has 2 aromatic carbocycles. The number of rotatable bonds is 4. The Morgan fingerprint density at radius 2 is 2.00 bits per heavy atom. The third-order valence-corrected chi connectivity index (χ3v) is 4.15. The first-order chi connectivity index (χ1) is 11.4. The quantitative estimate of drug-likeness (QED) is 0.907. The number of hydrogen-bond acceptors (Lipinski definition) is 3. The van der Waals surface area contributed by atoms with E-state index in [2.05, 4.69) is 10.6 Å². The molecule has 24 heavy (non-hydrogen) atoms. The smallest absolute Gasteiger partial charge is 0.262 e. The second-order valence-corrected chi connectivity index (χ2v) is 6.49. The molecule has 1 aliphatic rings. The second-order valence-electron chi connectivity index (χ2n) is 6.49. The summed E-state index contributed by atoms with van der Waals surface area (Å²) in [6, 6.07) is 12.9. The van der Waals surface area contributed by atoms with Gasteiger partial charge in [-0.15, -0.1) is 0 Å². The van der Waals surface area contributed by atoms with Crippen molar-refractivity contribution < 1.29 is 14.3 Å². The standard InChI is InChI=1S/C19H20N2O3/c1-12-5-4-6-14(9-12)24-11-17(22)20-13-7-8-16-15(10-13)19(2,3)18(23)21-16/h4-10H,11H2,1-3H3,(H,20,22)(H,21,23). The molecule has 0 spiro atoms. The van der Waals surface area contributed by atoms with Crippen molar-refractivity contribution in [1.82, 2.24) is 0 Å². The number of fused-ring (bicyclic) bond motifs is 1. The summed E-state index contributed by atoms with van der Waals surface area (Å²) >= 11 is 0. The van der Waals surface area contributed by atoms with Crippen molar-refractivity contribution in [1.29, 1.82) is 0 Å². The van der Waals surface area contributed by atoms with Crippen molar-refractivity contribution >= 4 is 23.2 Å². The molecule has 5 heteroatoms.